The molecule has 2 bridgehead atoms. The molecule has 5 rings (SSSR count). The van der Waals surface area contributed by atoms with E-state index >= 15 is 0 Å². The average Bonchev–Trinajstić information content (AvgIpc) is 2.80. The van der Waals surface area contributed by atoms with Crippen LogP contribution in [-0.2, 0) is 16.6 Å². The number of anilines is 1. The number of benzene rings is 2. The molecule has 1 amide bonds. The van der Waals surface area contributed by atoms with E-state index in [0.717, 1.165) is 16.6 Å². The maximum Gasteiger partial charge on any atom is 0.255 e. The molecule has 3 heterocycles. The number of nitrogens with one attached hydrogen (secondary N) is 1. The third-order valence-corrected chi connectivity index (χ3v) is 8.68. The standard InChI is InChI=1S/C24H22BrN3O4S/c25-19-6-4-17(5-7-19)24(30)26-20-8-10-21(11-9-20)33(31,32)27-13-16-12-18(15-27)22-2-1-3-23(29)28(22)14-16/h1-11,16,18H,12-15H2,(H,26,30)/t16-,18+/m0/s1. The van der Waals surface area contributed by atoms with E-state index in [-0.39, 0.29) is 28.2 Å². The number of aromatic nitrogens is 1. The van der Waals surface area contributed by atoms with Crippen LogP contribution in [0.3, 0.4) is 0 Å². The molecule has 0 spiro atoms. The van der Waals surface area contributed by atoms with Gasteiger partial charge in [0.2, 0.25) is 10.0 Å². The lowest BCUT2D eigenvalue weighted by Gasteiger charge is -2.42. The van der Waals surface area contributed by atoms with Crippen molar-refractivity contribution in [3.05, 3.63) is 92.8 Å². The maximum atomic E-state index is 13.3. The molecule has 1 fully saturated rings. The third-order valence-electron chi connectivity index (χ3n) is 6.30. The number of fused-ring (bicyclic) bond motifs is 4. The number of rotatable bonds is 4. The lowest BCUT2D eigenvalue weighted by atomic mass is 9.84. The molecule has 2 aliphatic heterocycles. The van der Waals surface area contributed by atoms with Gasteiger partial charge in [0.05, 0.1) is 4.90 Å². The van der Waals surface area contributed by atoms with Crippen LogP contribution in [0, 0.1) is 5.92 Å². The highest BCUT2D eigenvalue weighted by Gasteiger charge is 2.39. The van der Waals surface area contributed by atoms with E-state index in [4.69, 9.17) is 0 Å². The number of hydrogen-bond donors (Lipinski definition) is 1. The summed E-state index contributed by atoms with van der Waals surface area (Å²) in [4.78, 5) is 24.8. The summed E-state index contributed by atoms with van der Waals surface area (Å²) < 4.78 is 30.9. The smallest absolute Gasteiger partial charge is 0.255 e. The highest BCUT2D eigenvalue weighted by atomic mass is 79.9. The average molecular weight is 528 g/mol. The zero-order chi connectivity index (χ0) is 23.2. The van der Waals surface area contributed by atoms with Crippen molar-refractivity contribution in [1.82, 2.24) is 8.87 Å². The van der Waals surface area contributed by atoms with Crippen molar-refractivity contribution in [1.29, 1.82) is 0 Å². The van der Waals surface area contributed by atoms with E-state index in [9.17, 15) is 18.0 Å². The van der Waals surface area contributed by atoms with Crippen molar-refractivity contribution in [3.8, 4) is 0 Å². The van der Waals surface area contributed by atoms with Gasteiger partial charge in [-0.1, -0.05) is 22.0 Å². The lowest BCUT2D eigenvalue weighted by molar-refractivity contribution is 0.102. The van der Waals surface area contributed by atoms with Crippen LogP contribution in [0.25, 0.3) is 0 Å². The van der Waals surface area contributed by atoms with Gasteiger partial charge in [-0.05, 0) is 66.9 Å². The molecule has 3 aromatic rings. The van der Waals surface area contributed by atoms with Gasteiger partial charge in [0.1, 0.15) is 0 Å². The Morgan fingerprint density at radius 2 is 1.67 bits per heavy atom. The second-order valence-electron chi connectivity index (χ2n) is 8.51. The molecule has 170 valence electrons. The van der Waals surface area contributed by atoms with Gasteiger partial charge in [-0.15, -0.1) is 0 Å². The molecule has 0 radical (unpaired) electrons. The molecule has 0 aliphatic carbocycles. The maximum absolute atomic E-state index is 13.3. The van der Waals surface area contributed by atoms with E-state index in [1.807, 2.05) is 6.07 Å². The summed E-state index contributed by atoms with van der Waals surface area (Å²) in [6, 6.07) is 18.4. The molecular weight excluding hydrogens is 506 g/mol. The Labute approximate surface area is 200 Å². The zero-order valence-corrected chi connectivity index (χ0v) is 20.1. The van der Waals surface area contributed by atoms with Gasteiger partial charge in [0.15, 0.2) is 0 Å². The molecule has 1 aromatic heterocycles. The summed E-state index contributed by atoms with van der Waals surface area (Å²) in [5.74, 6) is -0.155. The van der Waals surface area contributed by atoms with Gasteiger partial charge < -0.3 is 9.88 Å². The monoisotopic (exact) mass is 527 g/mol. The molecular formula is C24H22BrN3O4S. The first-order valence-corrected chi connectivity index (χ1v) is 12.9. The van der Waals surface area contributed by atoms with E-state index in [0.29, 0.717) is 30.9 Å². The van der Waals surface area contributed by atoms with Crippen molar-refractivity contribution in [2.75, 3.05) is 18.4 Å². The minimum Gasteiger partial charge on any atom is -0.322 e. The number of carbonyl (C=O) groups is 1. The molecule has 33 heavy (non-hydrogen) atoms. The van der Waals surface area contributed by atoms with E-state index in [1.165, 1.54) is 16.4 Å². The number of carbonyl (C=O) groups excluding carboxylic acids is 1. The van der Waals surface area contributed by atoms with Crippen LogP contribution in [0.5, 0.6) is 0 Å². The molecule has 2 aliphatic rings. The second-order valence-corrected chi connectivity index (χ2v) is 11.4. The summed E-state index contributed by atoms with van der Waals surface area (Å²) in [6.07, 6.45) is 0.885. The van der Waals surface area contributed by atoms with Crippen molar-refractivity contribution >= 4 is 37.5 Å². The minimum atomic E-state index is -3.69. The number of hydrogen-bond acceptors (Lipinski definition) is 4. The second kappa shape index (κ2) is 8.55. The summed E-state index contributed by atoms with van der Waals surface area (Å²) >= 11 is 3.34. The molecule has 0 unspecified atom stereocenters. The Kier molecular flexibility index (Phi) is 5.72. The zero-order valence-electron chi connectivity index (χ0n) is 17.6. The molecule has 7 nitrogen and oxygen atoms in total. The highest BCUT2D eigenvalue weighted by Crippen LogP contribution is 2.37. The van der Waals surface area contributed by atoms with Crippen molar-refractivity contribution < 1.29 is 13.2 Å². The molecule has 9 heteroatoms. The normalized spacial score (nSPS) is 20.2. The SMILES string of the molecule is O=C(Nc1ccc(S(=O)(=O)N2C[C@@H]3C[C@H](C2)c2cccc(=O)n2C3)cc1)c1ccc(Br)cc1. The quantitative estimate of drug-likeness (QED) is 0.560. The number of nitrogens with zero attached hydrogens (tertiary/aromatic N) is 2. The predicted molar refractivity (Wildman–Crippen MR) is 129 cm³/mol. The van der Waals surface area contributed by atoms with Gasteiger partial charge in [-0.2, -0.15) is 4.31 Å². The van der Waals surface area contributed by atoms with E-state index in [1.54, 1.807) is 53.1 Å². The molecule has 0 saturated carbocycles. The van der Waals surface area contributed by atoms with Gasteiger partial charge in [0, 0.05) is 53.0 Å². The summed E-state index contributed by atoms with van der Waals surface area (Å²) in [6.45, 7) is 1.28. The number of piperidine rings is 1. The fourth-order valence-corrected chi connectivity index (χ4v) is 6.54. The van der Waals surface area contributed by atoms with Crippen molar-refractivity contribution in [3.63, 3.8) is 0 Å². The molecule has 2 atom stereocenters. The van der Waals surface area contributed by atoms with E-state index < -0.39 is 10.0 Å². The van der Waals surface area contributed by atoms with Crippen molar-refractivity contribution in [2.45, 2.75) is 23.8 Å². The molecule has 1 N–H and O–H groups in total. The van der Waals surface area contributed by atoms with Crippen LogP contribution in [-0.4, -0.2) is 36.3 Å². The fourth-order valence-electron chi connectivity index (χ4n) is 4.71. The van der Waals surface area contributed by atoms with Crippen LogP contribution >= 0.6 is 15.9 Å². The lowest BCUT2D eigenvalue weighted by Crippen LogP contribution is -2.48. The number of sulfonamides is 1. The Morgan fingerprint density at radius 3 is 2.39 bits per heavy atom. The van der Waals surface area contributed by atoms with Gasteiger partial charge >= 0.3 is 0 Å². The number of halogens is 1. The largest absolute Gasteiger partial charge is 0.322 e. The van der Waals surface area contributed by atoms with Crippen molar-refractivity contribution in [2.24, 2.45) is 5.92 Å². The summed E-state index contributed by atoms with van der Waals surface area (Å²) in [5, 5.41) is 2.79. The Morgan fingerprint density at radius 1 is 0.939 bits per heavy atom. The van der Waals surface area contributed by atoms with Crippen LogP contribution in [0.15, 0.2) is 80.9 Å². The van der Waals surface area contributed by atoms with Gasteiger partial charge in [-0.25, -0.2) is 8.42 Å². The van der Waals surface area contributed by atoms with Crippen LogP contribution in [0.4, 0.5) is 5.69 Å². The third kappa shape index (κ3) is 4.28. The van der Waals surface area contributed by atoms with Crippen LogP contribution in [0.2, 0.25) is 0 Å². The Hall–Kier alpha value is -2.75. The number of pyridine rings is 1. The highest BCUT2D eigenvalue weighted by molar-refractivity contribution is 9.10. The van der Waals surface area contributed by atoms with Gasteiger partial charge in [0.25, 0.3) is 11.5 Å². The summed E-state index contributed by atoms with van der Waals surface area (Å²) in [7, 11) is -3.69. The first kappa shape index (κ1) is 22.1. The van der Waals surface area contributed by atoms with Gasteiger partial charge in [-0.3, -0.25) is 9.59 Å². The topological polar surface area (TPSA) is 88.5 Å². The van der Waals surface area contributed by atoms with E-state index in [2.05, 4.69) is 21.2 Å². The fraction of sp³-hybridized carbons (Fsp3) is 0.250. The first-order chi connectivity index (χ1) is 15.8. The molecule has 1 saturated heterocycles. The summed E-state index contributed by atoms with van der Waals surface area (Å²) in [5.41, 5.74) is 1.91. The molecule has 2 aromatic carbocycles. The Balaban J connectivity index is 1.33. The first-order valence-electron chi connectivity index (χ1n) is 10.7. The Bertz CT molecular complexity index is 1370. The minimum absolute atomic E-state index is 0.00523. The number of amides is 1. The van der Waals surface area contributed by atoms with Crippen LogP contribution in [0.1, 0.15) is 28.4 Å². The predicted octanol–water partition coefficient (Wildman–Crippen LogP) is 3.67. The van der Waals surface area contributed by atoms with Crippen LogP contribution < -0.4 is 10.9 Å².